The Morgan fingerprint density at radius 1 is 1.17 bits per heavy atom. The molecule has 9 nitrogen and oxygen atoms in total. The molecule has 0 bridgehead atoms. The number of hydrogen-bond acceptors (Lipinski definition) is 9. The van der Waals surface area contributed by atoms with Crippen molar-refractivity contribution in [2.75, 3.05) is 43.1 Å². The van der Waals surface area contributed by atoms with E-state index < -0.39 is 0 Å². The van der Waals surface area contributed by atoms with Crippen molar-refractivity contribution in [3.05, 3.63) is 41.2 Å². The van der Waals surface area contributed by atoms with Gasteiger partial charge in [0.15, 0.2) is 5.82 Å². The summed E-state index contributed by atoms with van der Waals surface area (Å²) in [4.78, 5) is 8.55. The summed E-state index contributed by atoms with van der Waals surface area (Å²) in [6.45, 7) is 2.28. The van der Waals surface area contributed by atoms with Crippen molar-refractivity contribution in [1.82, 2.24) is 15.3 Å². The van der Waals surface area contributed by atoms with Gasteiger partial charge in [-0.2, -0.15) is 4.98 Å². The van der Waals surface area contributed by atoms with Crippen LogP contribution in [0.5, 0.6) is 5.75 Å². The first-order chi connectivity index (χ1) is 14.6. The summed E-state index contributed by atoms with van der Waals surface area (Å²) in [5.41, 5.74) is 1.02. The molecule has 3 rings (SSSR count). The smallest absolute Gasteiger partial charge is 0.225 e. The first-order valence-electron chi connectivity index (χ1n) is 10.4. The molecular formula is C21H31N6O3-. The van der Waals surface area contributed by atoms with Gasteiger partial charge in [0.25, 0.3) is 0 Å². The van der Waals surface area contributed by atoms with E-state index in [1.165, 1.54) is 19.0 Å². The lowest BCUT2D eigenvalue weighted by atomic mass is 9.82. The van der Waals surface area contributed by atoms with Gasteiger partial charge in [-0.15, -0.1) is 0 Å². The zero-order valence-corrected chi connectivity index (χ0v) is 17.6. The Balaban J connectivity index is 1.60. The van der Waals surface area contributed by atoms with Gasteiger partial charge in [0.05, 0.1) is 13.3 Å². The van der Waals surface area contributed by atoms with Gasteiger partial charge in [0, 0.05) is 13.1 Å². The second-order valence-electron chi connectivity index (χ2n) is 7.73. The lowest BCUT2D eigenvalue weighted by Crippen LogP contribution is -2.27. The van der Waals surface area contributed by atoms with Crippen LogP contribution in [0.4, 0.5) is 17.5 Å². The first-order valence-corrected chi connectivity index (χ1v) is 10.4. The number of methoxy groups -OCH3 is 1. The fourth-order valence-electron chi connectivity index (χ4n) is 3.86. The van der Waals surface area contributed by atoms with Crippen molar-refractivity contribution in [3.8, 4) is 5.75 Å². The largest absolute Gasteiger partial charge is 0.733 e. The van der Waals surface area contributed by atoms with Crippen LogP contribution in [0.25, 0.3) is 0 Å². The van der Waals surface area contributed by atoms with Crippen LogP contribution >= 0.6 is 0 Å². The third-order valence-electron chi connectivity index (χ3n) is 5.58. The molecule has 0 radical (unpaired) electrons. The third kappa shape index (κ3) is 6.19. The van der Waals surface area contributed by atoms with E-state index in [-0.39, 0.29) is 10.9 Å². The van der Waals surface area contributed by atoms with E-state index in [1.54, 1.807) is 7.11 Å². The van der Waals surface area contributed by atoms with E-state index in [0.717, 1.165) is 36.6 Å². The Kier molecular flexibility index (Phi) is 8.06. The molecule has 1 aliphatic carbocycles. The van der Waals surface area contributed by atoms with E-state index >= 15 is 0 Å². The summed E-state index contributed by atoms with van der Waals surface area (Å²) < 4.78 is 5.24. The van der Waals surface area contributed by atoms with Gasteiger partial charge in [0.2, 0.25) is 5.95 Å². The van der Waals surface area contributed by atoms with Crippen LogP contribution in [-0.2, 0) is 6.54 Å². The summed E-state index contributed by atoms with van der Waals surface area (Å²) in [5, 5.41) is 30.4. The minimum absolute atomic E-state index is 0.00537. The number of nitrogens with zero attached hydrogens (tertiary/aromatic N) is 3. The molecule has 9 heteroatoms. The van der Waals surface area contributed by atoms with E-state index in [9.17, 15) is 10.4 Å². The van der Waals surface area contributed by atoms with Gasteiger partial charge in [-0.05, 0) is 68.8 Å². The van der Waals surface area contributed by atoms with Crippen molar-refractivity contribution in [2.24, 2.45) is 11.8 Å². The SMILES string of the molecule is CNCC1CCC(CNc2nc(NCc3cccc(OC)c3)ncc2N([O-])O)CC1. The molecule has 1 aromatic carbocycles. The average Bonchev–Trinajstić information content (AvgIpc) is 2.77. The molecule has 0 aliphatic heterocycles. The third-order valence-corrected chi connectivity index (χ3v) is 5.58. The molecule has 1 aromatic heterocycles. The molecule has 2 aromatic rings. The molecule has 0 amide bonds. The zero-order chi connectivity index (χ0) is 21.3. The highest BCUT2D eigenvalue weighted by Crippen LogP contribution is 2.30. The molecule has 1 aliphatic rings. The van der Waals surface area contributed by atoms with Crippen molar-refractivity contribution in [2.45, 2.75) is 32.2 Å². The number of ether oxygens (including phenoxy) is 1. The molecule has 1 saturated carbocycles. The summed E-state index contributed by atoms with van der Waals surface area (Å²) in [7, 11) is 3.62. The maximum atomic E-state index is 11.5. The van der Waals surface area contributed by atoms with Gasteiger partial charge in [0.1, 0.15) is 11.4 Å². The minimum atomic E-state index is -0.196. The van der Waals surface area contributed by atoms with E-state index in [2.05, 4.69) is 25.9 Å². The normalized spacial score (nSPS) is 18.7. The van der Waals surface area contributed by atoms with Crippen LogP contribution in [0.2, 0.25) is 0 Å². The second-order valence-corrected chi connectivity index (χ2v) is 7.73. The molecule has 1 fully saturated rings. The summed E-state index contributed by atoms with van der Waals surface area (Å²) in [6.07, 6.45) is 6.00. The van der Waals surface area contributed by atoms with Crippen molar-refractivity contribution in [3.63, 3.8) is 0 Å². The van der Waals surface area contributed by atoms with Crippen LogP contribution in [0.1, 0.15) is 31.2 Å². The highest BCUT2D eigenvalue weighted by atomic mass is 16.8. The van der Waals surface area contributed by atoms with Gasteiger partial charge in [-0.3, -0.25) is 5.21 Å². The Morgan fingerprint density at radius 3 is 2.57 bits per heavy atom. The molecule has 164 valence electrons. The lowest BCUT2D eigenvalue weighted by Gasteiger charge is -2.29. The molecule has 4 N–H and O–H groups in total. The number of benzene rings is 1. The van der Waals surface area contributed by atoms with E-state index in [1.807, 2.05) is 31.3 Å². The standard InChI is InChI=1S/C21H31N6O3/c1-22-11-15-6-8-16(9-7-15)12-23-20-19(27(28)29)14-25-21(26-20)24-13-17-4-3-5-18(10-17)30-2/h3-5,10,14-16,22,28H,6-9,11-13H2,1-2H3,(H2,23,24,25,26)/q-1. The molecule has 0 atom stereocenters. The zero-order valence-electron chi connectivity index (χ0n) is 17.6. The topological polar surface area (TPSA) is 118 Å². The van der Waals surface area contributed by atoms with Gasteiger partial charge < -0.3 is 31.1 Å². The maximum Gasteiger partial charge on any atom is 0.225 e. The van der Waals surface area contributed by atoms with Crippen LogP contribution in [0.15, 0.2) is 30.5 Å². The first kappa shape index (κ1) is 22.1. The number of anilines is 3. The number of aromatic nitrogens is 2. The van der Waals surface area contributed by atoms with E-state index in [4.69, 9.17) is 4.74 Å². The molecular weight excluding hydrogens is 384 g/mol. The fraction of sp³-hybridized carbons (Fsp3) is 0.524. The number of rotatable bonds is 10. The summed E-state index contributed by atoms with van der Waals surface area (Å²) in [5.74, 6) is 2.74. The minimum Gasteiger partial charge on any atom is -0.733 e. The Bertz CT molecular complexity index is 796. The number of nitrogens with one attached hydrogen (secondary N) is 3. The van der Waals surface area contributed by atoms with Crippen molar-refractivity contribution in [1.29, 1.82) is 0 Å². The Morgan fingerprint density at radius 2 is 1.90 bits per heavy atom. The Hall–Kier alpha value is -2.62. The van der Waals surface area contributed by atoms with Gasteiger partial charge in [-0.1, -0.05) is 12.1 Å². The predicted molar refractivity (Wildman–Crippen MR) is 118 cm³/mol. The van der Waals surface area contributed by atoms with Crippen LogP contribution in [0.3, 0.4) is 0 Å². The highest BCUT2D eigenvalue weighted by Gasteiger charge is 2.21. The molecule has 0 unspecified atom stereocenters. The van der Waals surface area contributed by atoms with Crippen LogP contribution in [-0.4, -0.2) is 42.4 Å². The highest BCUT2D eigenvalue weighted by molar-refractivity contribution is 5.65. The van der Waals surface area contributed by atoms with Crippen LogP contribution < -0.4 is 25.9 Å². The quantitative estimate of drug-likeness (QED) is 0.434. The molecule has 0 saturated heterocycles. The summed E-state index contributed by atoms with van der Waals surface area (Å²) in [6, 6.07) is 7.70. The fourth-order valence-corrected chi connectivity index (χ4v) is 3.86. The van der Waals surface area contributed by atoms with Gasteiger partial charge in [-0.25, -0.2) is 4.98 Å². The van der Waals surface area contributed by atoms with E-state index in [0.29, 0.717) is 30.8 Å². The molecule has 1 heterocycles. The number of hydrogen-bond donors (Lipinski definition) is 4. The Labute approximate surface area is 177 Å². The monoisotopic (exact) mass is 415 g/mol. The average molecular weight is 416 g/mol. The molecule has 0 spiro atoms. The maximum absolute atomic E-state index is 11.5. The van der Waals surface area contributed by atoms with Crippen molar-refractivity contribution >= 4 is 17.5 Å². The van der Waals surface area contributed by atoms with Crippen molar-refractivity contribution < 1.29 is 9.94 Å². The lowest BCUT2D eigenvalue weighted by molar-refractivity contribution is 0.279. The summed E-state index contributed by atoms with van der Waals surface area (Å²) >= 11 is 0. The van der Waals surface area contributed by atoms with Crippen LogP contribution in [0, 0.1) is 17.0 Å². The predicted octanol–water partition coefficient (Wildman–Crippen LogP) is 3.23. The van der Waals surface area contributed by atoms with Gasteiger partial charge >= 0.3 is 0 Å². The molecule has 30 heavy (non-hydrogen) atoms. The second kappa shape index (κ2) is 11.0.